The van der Waals surface area contributed by atoms with Gasteiger partial charge in [-0.15, -0.1) is 0 Å². The highest BCUT2D eigenvalue weighted by molar-refractivity contribution is 5.87. The molecule has 5 rings (SSSR count). The Morgan fingerprint density at radius 2 is 1.86 bits per heavy atom. The summed E-state index contributed by atoms with van der Waals surface area (Å²) in [5.41, 5.74) is 3.51. The molecule has 0 bridgehead atoms. The Bertz CT molecular complexity index is 1400. The number of ether oxygens (including phenoxy) is 1. The van der Waals surface area contributed by atoms with Crippen molar-refractivity contribution in [3.63, 3.8) is 0 Å². The number of aromatic amines is 1. The van der Waals surface area contributed by atoms with Gasteiger partial charge in [0.15, 0.2) is 5.82 Å². The maximum Gasteiger partial charge on any atom is 0.271 e. The number of benzene rings is 2. The summed E-state index contributed by atoms with van der Waals surface area (Å²) in [6, 6.07) is 16.8. The van der Waals surface area contributed by atoms with Gasteiger partial charge in [0.1, 0.15) is 5.82 Å². The number of nitrogens with zero attached hydrogens (tertiary/aromatic N) is 3. The largest absolute Gasteiger partial charge is 0.396 e. The number of nitrogens with one attached hydrogen (secondary N) is 2. The van der Waals surface area contributed by atoms with Crippen molar-refractivity contribution in [1.29, 1.82) is 0 Å². The SMILES string of the molecule is Cc1ccccc1-n1nc(-c2c(NC3(CCO)CCOCC3)n[nH]c2-c2ccc(F)cc2)ccc1=O. The number of aryl methyl sites for hydroxylation is 1. The third-order valence-corrected chi connectivity index (χ3v) is 6.72. The van der Waals surface area contributed by atoms with Gasteiger partial charge in [-0.1, -0.05) is 18.2 Å². The first-order valence-corrected chi connectivity index (χ1v) is 12.0. The molecule has 0 aliphatic carbocycles. The number of hydrogen-bond acceptors (Lipinski definition) is 6. The lowest BCUT2D eigenvalue weighted by molar-refractivity contribution is 0.0512. The lowest BCUT2D eigenvalue weighted by Crippen LogP contribution is -2.44. The van der Waals surface area contributed by atoms with E-state index in [1.807, 2.05) is 31.2 Å². The van der Waals surface area contributed by atoms with E-state index in [9.17, 15) is 14.3 Å². The van der Waals surface area contributed by atoms with Crippen molar-refractivity contribution in [2.45, 2.75) is 31.7 Å². The molecule has 3 heterocycles. The van der Waals surface area contributed by atoms with Crippen molar-refractivity contribution >= 4 is 5.82 Å². The van der Waals surface area contributed by atoms with Gasteiger partial charge in [0.05, 0.1) is 22.6 Å². The van der Waals surface area contributed by atoms with Gasteiger partial charge in [-0.3, -0.25) is 9.89 Å². The highest BCUT2D eigenvalue weighted by Gasteiger charge is 2.34. The Labute approximate surface area is 207 Å². The lowest BCUT2D eigenvalue weighted by Gasteiger charge is -2.38. The molecule has 4 aromatic rings. The normalized spacial score (nSPS) is 15.1. The number of hydrogen-bond donors (Lipinski definition) is 3. The number of H-pyrrole nitrogens is 1. The quantitative estimate of drug-likeness (QED) is 0.361. The molecule has 0 saturated carbocycles. The van der Waals surface area contributed by atoms with Crippen LogP contribution in [0.1, 0.15) is 24.8 Å². The van der Waals surface area contributed by atoms with Gasteiger partial charge < -0.3 is 15.2 Å². The summed E-state index contributed by atoms with van der Waals surface area (Å²) < 4.78 is 20.6. The molecule has 0 radical (unpaired) electrons. The van der Waals surface area contributed by atoms with Crippen LogP contribution in [0.2, 0.25) is 0 Å². The van der Waals surface area contributed by atoms with Crippen LogP contribution in [0.5, 0.6) is 0 Å². The minimum Gasteiger partial charge on any atom is -0.396 e. The number of aliphatic hydroxyl groups is 1. The molecule has 1 saturated heterocycles. The molecule has 9 heteroatoms. The highest BCUT2D eigenvalue weighted by Crippen LogP contribution is 2.38. The van der Waals surface area contributed by atoms with Gasteiger partial charge in [0.25, 0.3) is 5.56 Å². The van der Waals surface area contributed by atoms with Crippen LogP contribution in [0.15, 0.2) is 65.5 Å². The summed E-state index contributed by atoms with van der Waals surface area (Å²) in [4.78, 5) is 12.8. The van der Waals surface area contributed by atoms with E-state index in [1.54, 1.807) is 18.2 Å². The van der Waals surface area contributed by atoms with Crippen LogP contribution in [0, 0.1) is 12.7 Å². The first kappa shape index (κ1) is 23.9. The molecule has 3 N–H and O–H groups in total. The number of rotatable bonds is 7. The van der Waals surface area contributed by atoms with E-state index in [2.05, 4.69) is 15.5 Å². The first-order valence-electron chi connectivity index (χ1n) is 12.0. The van der Waals surface area contributed by atoms with Gasteiger partial charge in [0, 0.05) is 37.0 Å². The van der Waals surface area contributed by atoms with Gasteiger partial charge in [0.2, 0.25) is 0 Å². The van der Waals surface area contributed by atoms with Crippen molar-refractivity contribution in [3.05, 3.63) is 82.4 Å². The first-order chi connectivity index (χ1) is 17.5. The summed E-state index contributed by atoms with van der Waals surface area (Å²) >= 11 is 0. The molecule has 1 aliphatic rings. The van der Waals surface area contributed by atoms with Gasteiger partial charge >= 0.3 is 0 Å². The Morgan fingerprint density at radius 1 is 1.11 bits per heavy atom. The van der Waals surface area contributed by atoms with Crippen LogP contribution in [0.25, 0.3) is 28.2 Å². The Morgan fingerprint density at radius 3 is 2.58 bits per heavy atom. The second-order valence-corrected chi connectivity index (χ2v) is 9.08. The molecule has 186 valence electrons. The molecule has 0 amide bonds. The van der Waals surface area contributed by atoms with Crippen molar-refractivity contribution in [1.82, 2.24) is 20.0 Å². The summed E-state index contributed by atoms with van der Waals surface area (Å²) in [5.74, 6) is 0.209. The molecule has 2 aromatic carbocycles. The Hall–Kier alpha value is -3.82. The molecule has 0 spiro atoms. The van der Waals surface area contributed by atoms with Crippen molar-refractivity contribution in [2.75, 3.05) is 25.1 Å². The van der Waals surface area contributed by atoms with Crippen molar-refractivity contribution in [2.24, 2.45) is 0 Å². The number of aromatic nitrogens is 4. The second-order valence-electron chi connectivity index (χ2n) is 9.08. The average molecular weight is 490 g/mol. The predicted molar refractivity (Wildman–Crippen MR) is 136 cm³/mol. The van der Waals surface area contributed by atoms with Crippen LogP contribution in [0.3, 0.4) is 0 Å². The molecule has 0 atom stereocenters. The molecule has 36 heavy (non-hydrogen) atoms. The van der Waals surface area contributed by atoms with E-state index >= 15 is 0 Å². The van der Waals surface area contributed by atoms with Gasteiger partial charge in [-0.05, 0) is 68.1 Å². The number of para-hydroxylation sites is 1. The van der Waals surface area contributed by atoms with Crippen molar-refractivity contribution < 1.29 is 14.2 Å². The van der Waals surface area contributed by atoms with E-state index in [0.717, 1.165) is 11.1 Å². The Kier molecular flexibility index (Phi) is 6.67. The maximum absolute atomic E-state index is 13.7. The lowest BCUT2D eigenvalue weighted by atomic mass is 9.86. The molecule has 1 aliphatic heterocycles. The summed E-state index contributed by atoms with van der Waals surface area (Å²) in [6.45, 7) is 3.10. The summed E-state index contributed by atoms with van der Waals surface area (Å²) in [6.07, 6.45) is 1.95. The minimum absolute atomic E-state index is 0.0218. The van der Waals surface area contributed by atoms with E-state index in [0.29, 0.717) is 60.9 Å². The van der Waals surface area contributed by atoms with Crippen LogP contribution < -0.4 is 10.9 Å². The highest BCUT2D eigenvalue weighted by atomic mass is 19.1. The van der Waals surface area contributed by atoms with Crippen LogP contribution in [0.4, 0.5) is 10.2 Å². The monoisotopic (exact) mass is 489 g/mol. The van der Waals surface area contributed by atoms with Gasteiger partial charge in [-0.2, -0.15) is 14.9 Å². The standard InChI is InChI=1S/C27H28FN5O3/c1-18-4-2-3-5-22(18)33-23(35)11-10-21(32-33)24-25(19-6-8-20(28)9-7-19)30-31-26(24)29-27(12-15-34)13-16-36-17-14-27/h2-11,34H,12-17H2,1H3,(H2,29,30,31). The predicted octanol–water partition coefficient (Wildman–Crippen LogP) is 4.08. The number of halogens is 1. The minimum atomic E-state index is -0.401. The number of aliphatic hydroxyl groups excluding tert-OH is 1. The summed E-state index contributed by atoms with van der Waals surface area (Å²) in [5, 5.41) is 25.7. The van der Waals surface area contributed by atoms with Crippen LogP contribution in [-0.2, 0) is 4.74 Å². The van der Waals surface area contributed by atoms with E-state index < -0.39 is 5.54 Å². The van der Waals surface area contributed by atoms with Crippen molar-refractivity contribution in [3.8, 4) is 28.2 Å². The van der Waals surface area contributed by atoms with E-state index in [4.69, 9.17) is 9.84 Å². The molecule has 8 nitrogen and oxygen atoms in total. The zero-order valence-corrected chi connectivity index (χ0v) is 20.0. The fourth-order valence-electron chi connectivity index (χ4n) is 4.69. The second kappa shape index (κ2) is 10.0. The molecule has 1 fully saturated rings. The average Bonchev–Trinajstić information content (AvgIpc) is 3.29. The van der Waals surface area contributed by atoms with Gasteiger partial charge in [-0.25, -0.2) is 4.39 Å². The molecular weight excluding hydrogens is 461 g/mol. The zero-order valence-electron chi connectivity index (χ0n) is 20.0. The zero-order chi connectivity index (χ0) is 25.1. The molecule has 0 unspecified atom stereocenters. The third kappa shape index (κ3) is 4.67. The molecular formula is C27H28FN5O3. The van der Waals surface area contributed by atoms with E-state index in [-0.39, 0.29) is 18.0 Å². The number of anilines is 1. The van der Waals surface area contributed by atoms with E-state index in [1.165, 1.54) is 22.9 Å². The third-order valence-electron chi connectivity index (χ3n) is 6.72. The molecule has 2 aromatic heterocycles. The Balaban J connectivity index is 1.67. The fourth-order valence-corrected chi connectivity index (χ4v) is 4.69. The fraction of sp³-hybridized carbons (Fsp3) is 0.296. The maximum atomic E-state index is 13.7. The smallest absolute Gasteiger partial charge is 0.271 e. The van der Waals surface area contributed by atoms with Crippen LogP contribution >= 0.6 is 0 Å². The topological polar surface area (TPSA) is 105 Å². The van der Waals surface area contributed by atoms with Crippen LogP contribution in [-0.4, -0.2) is 50.4 Å². The summed E-state index contributed by atoms with van der Waals surface area (Å²) in [7, 11) is 0.